The maximum atomic E-state index is 13.4. The first-order chi connectivity index (χ1) is 9.90. The minimum atomic E-state index is -1.37. The van der Waals surface area contributed by atoms with E-state index in [2.05, 4.69) is 15.3 Å². The van der Waals surface area contributed by atoms with Gasteiger partial charge in [-0.2, -0.15) is 0 Å². The molecule has 0 aliphatic heterocycles. The molecule has 0 aliphatic rings. The summed E-state index contributed by atoms with van der Waals surface area (Å²) in [5, 5.41) is 10.8. The van der Waals surface area contributed by atoms with Gasteiger partial charge in [-0.3, -0.25) is 4.79 Å². The van der Waals surface area contributed by atoms with Crippen molar-refractivity contribution in [1.82, 2.24) is 9.97 Å². The first kappa shape index (κ1) is 15.1. The number of anilines is 1. The molecule has 1 amide bonds. The molecule has 2 N–H and O–H groups in total. The normalized spacial score (nSPS) is 10.2. The maximum Gasteiger partial charge on any atom is 0.358 e. The molecule has 0 spiro atoms. The van der Waals surface area contributed by atoms with Gasteiger partial charge in [-0.1, -0.05) is 23.2 Å². The Morgan fingerprint density at radius 3 is 2.48 bits per heavy atom. The number of benzene rings is 1. The molecule has 0 fully saturated rings. The lowest BCUT2D eigenvalue weighted by Crippen LogP contribution is -2.17. The van der Waals surface area contributed by atoms with Crippen LogP contribution in [0.4, 0.5) is 10.2 Å². The molecule has 0 atom stereocenters. The minimum Gasteiger partial charge on any atom is -0.476 e. The summed E-state index contributed by atoms with van der Waals surface area (Å²) in [6, 6.07) is 1.92. The molecule has 0 aliphatic carbocycles. The van der Waals surface area contributed by atoms with E-state index < -0.39 is 23.4 Å². The molecule has 1 heterocycles. The molecule has 9 heteroatoms. The van der Waals surface area contributed by atoms with Crippen LogP contribution in [0.15, 0.2) is 24.5 Å². The van der Waals surface area contributed by atoms with Crippen molar-refractivity contribution in [3.8, 4) is 0 Å². The zero-order valence-electron chi connectivity index (χ0n) is 10.1. The van der Waals surface area contributed by atoms with E-state index in [1.165, 1.54) is 6.20 Å². The second-order valence-corrected chi connectivity index (χ2v) is 4.57. The van der Waals surface area contributed by atoms with E-state index in [1.54, 1.807) is 0 Å². The molecule has 6 nitrogen and oxygen atoms in total. The second kappa shape index (κ2) is 6.02. The molecule has 108 valence electrons. The number of nitrogens with one attached hydrogen (secondary N) is 1. The van der Waals surface area contributed by atoms with E-state index in [-0.39, 0.29) is 21.4 Å². The monoisotopic (exact) mass is 329 g/mol. The minimum absolute atomic E-state index is 0.0836. The van der Waals surface area contributed by atoms with Gasteiger partial charge >= 0.3 is 5.97 Å². The molecule has 2 aromatic rings. The first-order valence-corrected chi connectivity index (χ1v) is 6.16. The number of aromatic carboxylic acids is 1. The van der Waals surface area contributed by atoms with Gasteiger partial charge in [0.05, 0.1) is 15.6 Å². The average Bonchev–Trinajstić information content (AvgIpc) is 2.43. The SMILES string of the molecule is O=C(Nc1nccnc1C(=O)O)c1cc(F)c(Cl)cc1Cl. The Morgan fingerprint density at radius 1 is 1.14 bits per heavy atom. The highest BCUT2D eigenvalue weighted by atomic mass is 35.5. The third-order valence-electron chi connectivity index (χ3n) is 2.39. The fourth-order valence-electron chi connectivity index (χ4n) is 1.46. The standard InChI is InChI=1S/C12H6Cl2FN3O3/c13-6-4-7(14)8(15)3-5(6)11(19)18-10-9(12(20)21)16-1-2-17-10/h1-4H,(H,20,21)(H,17,18,19). The summed E-state index contributed by atoms with van der Waals surface area (Å²) < 4.78 is 13.4. The van der Waals surface area contributed by atoms with Crippen molar-refractivity contribution in [2.75, 3.05) is 5.32 Å². The highest BCUT2D eigenvalue weighted by molar-refractivity contribution is 6.37. The largest absolute Gasteiger partial charge is 0.476 e. The van der Waals surface area contributed by atoms with Gasteiger partial charge < -0.3 is 10.4 Å². The zero-order chi connectivity index (χ0) is 15.6. The molecular formula is C12H6Cl2FN3O3. The average molecular weight is 330 g/mol. The van der Waals surface area contributed by atoms with E-state index in [0.717, 1.165) is 18.3 Å². The van der Waals surface area contributed by atoms with Crippen molar-refractivity contribution in [2.24, 2.45) is 0 Å². The molecule has 2 rings (SSSR count). The number of nitrogens with zero attached hydrogens (tertiary/aromatic N) is 2. The van der Waals surface area contributed by atoms with Crippen LogP contribution < -0.4 is 5.32 Å². The summed E-state index contributed by atoms with van der Waals surface area (Å²) in [4.78, 5) is 30.2. The van der Waals surface area contributed by atoms with Crippen molar-refractivity contribution in [2.45, 2.75) is 0 Å². The van der Waals surface area contributed by atoms with Crippen molar-refractivity contribution < 1.29 is 19.1 Å². The molecular weight excluding hydrogens is 324 g/mol. The van der Waals surface area contributed by atoms with E-state index in [0.29, 0.717) is 0 Å². The Balaban J connectivity index is 2.35. The van der Waals surface area contributed by atoms with Gasteiger partial charge in [-0.25, -0.2) is 19.2 Å². The zero-order valence-corrected chi connectivity index (χ0v) is 11.6. The molecule has 0 radical (unpaired) electrons. The smallest absolute Gasteiger partial charge is 0.358 e. The lowest BCUT2D eigenvalue weighted by atomic mass is 10.2. The van der Waals surface area contributed by atoms with Crippen molar-refractivity contribution in [3.05, 3.63) is 51.6 Å². The summed E-state index contributed by atoms with van der Waals surface area (Å²) in [6.07, 6.45) is 2.36. The lowest BCUT2D eigenvalue weighted by Gasteiger charge is -2.08. The molecule has 0 saturated heterocycles. The number of aromatic nitrogens is 2. The van der Waals surface area contributed by atoms with Crippen LogP contribution in [0, 0.1) is 5.82 Å². The Kier molecular flexibility index (Phi) is 4.35. The quantitative estimate of drug-likeness (QED) is 0.844. The van der Waals surface area contributed by atoms with Crippen LogP contribution in [0.1, 0.15) is 20.8 Å². The van der Waals surface area contributed by atoms with Gasteiger partial charge in [-0.15, -0.1) is 0 Å². The first-order valence-electron chi connectivity index (χ1n) is 5.40. The summed E-state index contributed by atoms with van der Waals surface area (Å²) in [7, 11) is 0. The number of halogens is 3. The second-order valence-electron chi connectivity index (χ2n) is 3.76. The third kappa shape index (κ3) is 3.26. The number of carboxylic acid groups (broad SMARTS) is 1. The highest BCUT2D eigenvalue weighted by Crippen LogP contribution is 2.25. The fraction of sp³-hybridized carbons (Fsp3) is 0. The number of hydrogen-bond acceptors (Lipinski definition) is 4. The van der Waals surface area contributed by atoms with Crippen LogP contribution in [0.5, 0.6) is 0 Å². The van der Waals surface area contributed by atoms with Gasteiger partial charge in [0.25, 0.3) is 5.91 Å². The van der Waals surface area contributed by atoms with E-state index >= 15 is 0 Å². The molecule has 1 aromatic heterocycles. The highest BCUT2D eigenvalue weighted by Gasteiger charge is 2.19. The number of carbonyl (C=O) groups is 2. The topological polar surface area (TPSA) is 92.2 Å². The lowest BCUT2D eigenvalue weighted by molar-refractivity contribution is 0.0691. The molecule has 21 heavy (non-hydrogen) atoms. The van der Waals surface area contributed by atoms with E-state index in [1.807, 2.05) is 0 Å². The molecule has 0 bridgehead atoms. The Bertz CT molecular complexity index is 740. The number of rotatable bonds is 3. The number of carboxylic acids is 1. The fourth-order valence-corrected chi connectivity index (χ4v) is 1.93. The van der Waals surface area contributed by atoms with Gasteiger partial charge in [-0.05, 0) is 12.1 Å². The maximum absolute atomic E-state index is 13.4. The predicted octanol–water partition coefficient (Wildman–Crippen LogP) is 2.87. The Morgan fingerprint density at radius 2 is 1.81 bits per heavy atom. The van der Waals surface area contributed by atoms with Crippen LogP contribution in [0.25, 0.3) is 0 Å². The summed E-state index contributed by atoms with van der Waals surface area (Å²) >= 11 is 11.3. The van der Waals surface area contributed by atoms with E-state index in [9.17, 15) is 14.0 Å². The summed E-state index contributed by atoms with van der Waals surface area (Å²) in [5.41, 5.74) is -0.656. The van der Waals surface area contributed by atoms with Gasteiger partial charge in [0.2, 0.25) is 0 Å². The Hall–Kier alpha value is -2.25. The predicted molar refractivity (Wildman–Crippen MR) is 73.4 cm³/mol. The summed E-state index contributed by atoms with van der Waals surface area (Å²) in [6.45, 7) is 0. The third-order valence-corrected chi connectivity index (χ3v) is 2.99. The van der Waals surface area contributed by atoms with Crippen LogP contribution >= 0.6 is 23.2 Å². The molecule has 1 aromatic carbocycles. The van der Waals surface area contributed by atoms with Crippen molar-refractivity contribution in [1.29, 1.82) is 0 Å². The van der Waals surface area contributed by atoms with Crippen molar-refractivity contribution >= 4 is 40.9 Å². The van der Waals surface area contributed by atoms with Gasteiger partial charge in [0, 0.05) is 12.4 Å². The number of carbonyl (C=O) groups excluding carboxylic acids is 1. The van der Waals surface area contributed by atoms with Gasteiger partial charge in [0.1, 0.15) is 5.82 Å². The van der Waals surface area contributed by atoms with Crippen LogP contribution in [0.2, 0.25) is 10.0 Å². The van der Waals surface area contributed by atoms with Gasteiger partial charge in [0.15, 0.2) is 11.5 Å². The number of amides is 1. The van der Waals surface area contributed by atoms with Crippen molar-refractivity contribution in [3.63, 3.8) is 0 Å². The Labute approximate surface area is 127 Å². The molecule has 0 saturated carbocycles. The van der Waals surface area contributed by atoms with E-state index in [4.69, 9.17) is 28.3 Å². The van der Waals surface area contributed by atoms with Crippen LogP contribution in [0.3, 0.4) is 0 Å². The molecule has 0 unspecified atom stereocenters. The van der Waals surface area contributed by atoms with Crippen LogP contribution in [-0.2, 0) is 0 Å². The van der Waals surface area contributed by atoms with Crippen LogP contribution in [-0.4, -0.2) is 27.0 Å². The summed E-state index contributed by atoms with van der Waals surface area (Å²) in [5.74, 6) is -3.31. The number of hydrogen-bond donors (Lipinski definition) is 2.